The highest BCUT2D eigenvalue weighted by atomic mass is 32.2. The maximum atomic E-state index is 12.3. The molecule has 0 unspecified atom stereocenters. The van der Waals surface area contributed by atoms with Gasteiger partial charge in [0.15, 0.2) is 0 Å². The van der Waals surface area contributed by atoms with Crippen LogP contribution in [0.15, 0.2) is 0 Å². The zero-order chi connectivity index (χ0) is 16.8. The van der Waals surface area contributed by atoms with Gasteiger partial charge >= 0.3 is 0 Å². The van der Waals surface area contributed by atoms with E-state index in [2.05, 4.69) is 42.3 Å². The number of hydrogen-bond donors (Lipinski definition) is 1. The molecule has 1 N–H and O–H groups in total. The van der Waals surface area contributed by atoms with Gasteiger partial charge in [-0.05, 0) is 19.4 Å². The molecule has 0 bridgehead atoms. The minimum atomic E-state index is -3.36. The van der Waals surface area contributed by atoms with Gasteiger partial charge in [-0.15, -0.1) is 0 Å². The highest BCUT2D eigenvalue weighted by Gasteiger charge is 2.27. The summed E-state index contributed by atoms with van der Waals surface area (Å²) in [7, 11) is 0.419. The van der Waals surface area contributed by atoms with Crippen LogP contribution in [0.25, 0.3) is 0 Å². The zero-order valence-corrected chi connectivity index (χ0v) is 15.7. The SMILES string of the molecule is CCCCN(C)S(=O)(=O)NC[C@@H](C(C)C)N1CCN(C)CC1. The smallest absolute Gasteiger partial charge is 0.279 e. The predicted molar refractivity (Wildman–Crippen MR) is 92.2 cm³/mol. The molecule has 22 heavy (non-hydrogen) atoms. The number of hydrogen-bond acceptors (Lipinski definition) is 4. The topological polar surface area (TPSA) is 55.9 Å². The van der Waals surface area contributed by atoms with Crippen molar-refractivity contribution in [2.24, 2.45) is 5.92 Å². The van der Waals surface area contributed by atoms with Crippen LogP contribution in [0.2, 0.25) is 0 Å². The summed E-state index contributed by atoms with van der Waals surface area (Å²) in [6, 6.07) is 0.253. The lowest BCUT2D eigenvalue weighted by Gasteiger charge is -2.40. The molecule has 1 aliphatic heterocycles. The molecule has 1 heterocycles. The summed E-state index contributed by atoms with van der Waals surface area (Å²) in [5.41, 5.74) is 0. The lowest BCUT2D eigenvalue weighted by molar-refractivity contribution is 0.0903. The van der Waals surface area contributed by atoms with Gasteiger partial charge < -0.3 is 4.90 Å². The first-order chi connectivity index (χ1) is 10.3. The molecule has 1 fully saturated rings. The molecule has 7 heteroatoms. The van der Waals surface area contributed by atoms with Crippen LogP contribution in [-0.2, 0) is 10.2 Å². The molecular weight excluding hydrogens is 300 g/mol. The molecule has 0 radical (unpaired) electrons. The van der Waals surface area contributed by atoms with Gasteiger partial charge in [-0.1, -0.05) is 27.2 Å². The Bertz CT molecular complexity index is 406. The molecule has 0 saturated carbocycles. The summed E-state index contributed by atoms with van der Waals surface area (Å²) in [4.78, 5) is 4.73. The summed E-state index contributed by atoms with van der Waals surface area (Å²) in [6.45, 7) is 11.6. The van der Waals surface area contributed by atoms with Crippen molar-refractivity contribution in [2.45, 2.75) is 39.7 Å². The van der Waals surface area contributed by atoms with Gasteiger partial charge in [-0.3, -0.25) is 4.90 Å². The van der Waals surface area contributed by atoms with Crippen molar-refractivity contribution in [1.29, 1.82) is 0 Å². The summed E-state index contributed by atoms with van der Waals surface area (Å²) in [5, 5.41) is 0. The van der Waals surface area contributed by atoms with E-state index in [9.17, 15) is 8.42 Å². The number of nitrogens with zero attached hydrogens (tertiary/aromatic N) is 3. The number of rotatable bonds is 9. The van der Waals surface area contributed by atoms with Crippen LogP contribution in [0.3, 0.4) is 0 Å². The average molecular weight is 335 g/mol. The summed E-state index contributed by atoms with van der Waals surface area (Å²) >= 11 is 0. The van der Waals surface area contributed by atoms with E-state index in [0.29, 0.717) is 19.0 Å². The van der Waals surface area contributed by atoms with E-state index in [1.165, 1.54) is 4.31 Å². The van der Waals surface area contributed by atoms with Crippen LogP contribution >= 0.6 is 0 Å². The Labute approximate surface area is 137 Å². The quantitative estimate of drug-likeness (QED) is 0.678. The van der Waals surface area contributed by atoms with Gasteiger partial charge in [-0.2, -0.15) is 12.7 Å². The number of nitrogens with one attached hydrogen (secondary N) is 1. The molecular formula is C15H34N4O2S. The molecule has 132 valence electrons. The first kappa shape index (κ1) is 19.8. The van der Waals surface area contributed by atoms with E-state index in [0.717, 1.165) is 39.0 Å². The largest absolute Gasteiger partial charge is 0.304 e. The molecule has 0 aromatic carbocycles. The molecule has 1 atom stereocenters. The van der Waals surface area contributed by atoms with Crippen molar-refractivity contribution in [1.82, 2.24) is 18.8 Å². The fraction of sp³-hybridized carbons (Fsp3) is 1.00. The number of likely N-dealkylation sites (N-methyl/N-ethyl adjacent to an activating group) is 1. The minimum Gasteiger partial charge on any atom is -0.304 e. The molecule has 1 saturated heterocycles. The fourth-order valence-electron chi connectivity index (χ4n) is 2.74. The Morgan fingerprint density at radius 1 is 1.18 bits per heavy atom. The summed E-state index contributed by atoms with van der Waals surface area (Å²) < 4.78 is 28.8. The van der Waals surface area contributed by atoms with Gasteiger partial charge in [-0.25, -0.2) is 4.72 Å². The Morgan fingerprint density at radius 3 is 2.27 bits per heavy atom. The van der Waals surface area contributed by atoms with Crippen molar-refractivity contribution < 1.29 is 8.42 Å². The van der Waals surface area contributed by atoms with Crippen LogP contribution in [-0.4, -0.2) is 81.9 Å². The Balaban J connectivity index is 2.57. The Kier molecular flexibility index (Phi) is 8.27. The highest BCUT2D eigenvalue weighted by molar-refractivity contribution is 7.87. The normalized spacial score (nSPS) is 20.0. The van der Waals surface area contributed by atoms with Crippen LogP contribution in [0.4, 0.5) is 0 Å². The zero-order valence-electron chi connectivity index (χ0n) is 14.9. The van der Waals surface area contributed by atoms with Crippen molar-refractivity contribution in [3.8, 4) is 0 Å². The lowest BCUT2D eigenvalue weighted by Crippen LogP contribution is -2.55. The maximum Gasteiger partial charge on any atom is 0.279 e. The number of unbranched alkanes of at least 4 members (excludes halogenated alkanes) is 1. The third kappa shape index (κ3) is 6.12. The molecule has 0 aromatic heterocycles. The summed E-state index contributed by atoms with van der Waals surface area (Å²) in [6.07, 6.45) is 1.89. The van der Waals surface area contributed by atoms with Gasteiger partial charge in [0.1, 0.15) is 0 Å². The monoisotopic (exact) mass is 334 g/mol. The van der Waals surface area contributed by atoms with Gasteiger partial charge in [0.25, 0.3) is 10.2 Å². The first-order valence-corrected chi connectivity index (χ1v) is 9.85. The van der Waals surface area contributed by atoms with Crippen LogP contribution in [0, 0.1) is 5.92 Å². The van der Waals surface area contributed by atoms with Crippen molar-refractivity contribution in [3.05, 3.63) is 0 Å². The molecule has 0 spiro atoms. The summed E-state index contributed by atoms with van der Waals surface area (Å²) in [5.74, 6) is 0.423. The second-order valence-corrected chi connectivity index (χ2v) is 8.54. The Morgan fingerprint density at radius 2 is 1.77 bits per heavy atom. The molecule has 0 aliphatic carbocycles. The van der Waals surface area contributed by atoms with Crippen molar-refractivity contribution in [2.75, 3.05) is 53.4 Å². The van der Waals surface area contributed by atoms with E-state index in [1.54, 1.807) is 7.05 Å². The van der Waals surface area contributed by atoms with Gasteiger partial charge in [0.2, 0.25) is 0 Å². The maximum absolute atomic E-state index is 12.3. The average Bonchev–Trinajstić information content (AvgIpc) is 2.46. The number of piperazine rings is 1. The van der Waals surface area contributed by atoms with Gasteiger partial charge in [0, 0.05) is 52.4 Å². The van der Waals surface area contributed by atoms with E-state index in [1.807, 2.05) is 0 Å². The standard InChI is InChI=1S/C15H34N4O2S/c1-6-7-8-18(5)22(20,21)16-13-15(14(2)3)19-11-9-17(4)10-12-19/h14-16H,6-13H2,1-5H3/t15-/m0/s1. The second kappa shape index (κ2) is 9.17. The van der Waals surface area contributed by atoms with Crippen molar-refractivity contribution in [3.63, 3.8) is 0 Å². The van der Waals surface area contributed by atoms with E-state index < -0.39 is 10.2 Å². The van der Waals surface area contributed by atoms with Crippen LogP contribution in [0.5, 0.6) is 0 Å². The molecule has 1 aliphatic rings. The third-order valence-electron chi connectivity index (χ3n) is 4.49. The first-order valence-electron chi connectivity index (χ1n) is 8.41. The fourth-order valence-corrected chi connectivity index (χ4v) is 3.71. The molecule has 1 rings (SSSR count). The minimum absolute atomic E-state index is 0.253. The molecule has 0 amide bonds. The van der Waals surface area contributed by atoms with Crippen LogP contribution in [0.1, 0.15) is 33.6 Å². The highest BCUT2D eigenvalue weighted by Crippen LogP contribution is 2.13. The third-order valence-corrected chi connectivity index (χ3v) is 6.02. The second-order valence-electron chi connectivity index (χ2n) is 6.68. The van der Waals surface area contributed by atoms with E-state index in [-0.39, 0.29) is 6.04 Å². The van der Waals surface area contributed by atoms with Crippen LogP contribution < -0.4 is 4.72 Å². The molecule has 6 nitrogen and oxygen atoms in total. The predicted octanol–water partition coefficient (Wildman–Crippen LogP) is 0.825. The Hall–Kier alpha value is -0.210. The van der Waals surface area contributed by atoms with Crippen molar-refractivity contribution >= 4 is 10.2 Å². The van der Waals surface area contributed by atoms with E-state index in [4.69, 9.17) is 0 Å². The van der Waals surface area contributed by atoms with Gasteiger partial charge in [0.05, 0.1) is 0 Å². The lowest BCUT2D eigenvalue weighted by atomic mass is 10.0. The molecule has 0 aromatic rings. The van der Waals surface area contributed by atoms with E-state index >= 15 is 0 Å².